The van der Waals surface area contributed by atoms with Crippen LogP contribution in [0.4, 0.5) is 23.0 Å². The summed E-state index contributed by atoms with van der Waals surface area (Å²) in [5.41, 5.74) is 4.06. The van der Waals surface area contributed by atoms with E-state index in [2.05, 4.69) is 61.1 Å². The third-order valence-corrected chi connectivity index (χ3v) is 6.11. The Morgan fingerprint density at radius 2 is 1.89 bits per heavy atom. The molecule has 0 radical (unpaired) electrons. The van der Waals surface area contributed by atoms with Crippen LogP contribution in [0.15, 0.2) is 72.9 Å². The van der Waals surface area contributed by atoms with Crippen molar-refractivity contribution in [3.63, 3.8) is 0 Å². The van der Waals surface area contributed by atoms with Crippen LogP contribution in [-0.4, -0.2) is 65.9 Å². The highest BCUT2D eigenvalue weighted by molar-refractivity contribution is 5.83. The van der Waals surface area contributed by atoms with Crippen LogP contribution >= 0.6 is 0 Å². The molecule has 184 valence electrons. The van der Waals surface area contributed by atoms with Gasteiger partial charge in [-0.3, -0.25) is 4.79 Å². The summed E-state index contributed by atoms with van der Waals surface area (Å²) in [4.78, 5) is 27.9. The smallest absolute Gasteiger partial charge is 0.233 e. The summed E-state index contributed by atoms with van der Waals surface area (Å²) in [6, 6.07) is 17.7. The molecule has 0 bridgehead atoms. The van der Waals surface area contributed by atoms with Gasteiger partial charge >= 0.3 is 0 Å². The number of anilines is 4. The van der Waals surface area contributed by atoms with Gasteiger partial charge in [-0.15, -0.1) is 0 Å². The molecule has 9 heteroatoms. The van der Waals surface area contributed by atoms with Crippen LogP contribution in [-0.2, 0) is 4.79 Å². The number of ether oxygens (including phenoxy) is 1. The molecular formula is C27H29N7O2. The van der Waals surface area contributed by atoms with Crippen molar-refractivity contribution in [1.82, 2.24) is 19.9 Å². The van der Waals surface area contributed by atoms with E-state index in [9.17, 15) is 4.79 Å². The number of benzene rings is 2. The molecule has 1 saturated heterocycles. The maximum absolute atomic E-state index is 10.8. The van der Waals surface area contributed by atoms with Crippen molar-refractivity contribution in [3.05, 3.63) is 72.9 Å². The molecule has 1 fully saturated rings. The molecule has 0 spiro atoms. The number of carbonyl (C=O) groups is 1. The molecule has 0 atom stereocenters. The quantitative estimate of drug-likeness (QED) is 0.238. The Balaban J connectivity index is 1.32. The third-order valence-electron chi connectivity index (χ3n) is 6.11. The van der Waals surface area contributed by atoms with Crippen molar-refractivity contribution >= 4 is 40.3 Å². The van der Waals surface area contributed by atoms with Gasteiger partial charge in [0.1, 0.15) is 17.7 Å². The van der Waals surface area contributed by atoms with Crippen molar-refractivity contribution < 1.29 is 9.53 Å². The number of aromatic amines is 1. The molecule has 3 heterocycles. The molecule has 4 aromatic rings. The van der Waals surface area contributed by atoms with Crippen LogP contribution in [0.5, 0.6) is 11.6 Å². The highest BCUT2D eigenvalue weighted by Gasteiger charge is 2.15. The SMILES string of the molecule is C=C(C=O)CNc1cccc(Oc2nc(Nc3ccc(N4CCN(C)CC4)cc3)nc3[nH]ccc23)c1. The van der Waals surface area contributed by atoms with Crippen LogP contribution in [0.25, 0.3) is 11.0 Å². The molecule has 0 amide bonds. The summed E-state index contributed by atoms with van der Waals surface area (Å²) < 4.78 is 6.16. The summed E-state index contributed by atoms with van der Waals surface area (Å²) in [5.74, 6) is 1.48. The lowest BCUT2D eigenvalue weighted by Gasteiger charge is -2.34. The second-order valence-electron chi connectivity index (χ2n) is 8.81. The highest BCUT2D eigenvalue weighted by atomic mass is 16.5. The first-order chi connectivity index (χ1) is 17.6. The van der Waals surface area contributed by atoms with Gasteiger partial charge in [0.15, 0.2) is 0 Å². The van der Waals surface area contributed by atoms with E-state index in [1.807, 2.05) is 48.7 Å². The van der Waals surface area contributed by atoms with Crippen LogP contribution in [0, 0.1) is 0 Å². The molecule has 2 aromatic heterocycles. The van der Waals surface area contributed by atoms with Crippen molar-refractivity contribution in [3.8, 4) is 11.6 Å². The van der Waals surface area contributed by atoms with Gasteiger partial charge in [0.05, 0.1) is 5.39 Å². The first kappa shape index (κ1) is 23.4. The number of hydrogen-bond donors (Lipinski definition) is 3. The number of carbonyl (C=O) groups excluding carboxylic acids is 1. The molecule has 9 nitrogen and oxygen atoms in total. The van der Waals surface area contributed by atoms with E-state index in [-0.39, 0.29) is 0 Å². The third kappa shape index (κ3) is 5.47. The lowest BCUT2D eigenvalue weighted by Crippen LogP contribution is -2.44. The van der Waals surface area contributed by atoms with Gasteiger partial charge in [0.25, 0.3) is 0 Å². The molecule has 3 N–H and O–H groups in total. The monoisotopic (exact) mass is 483 g/mol. The summed E-state index contributed by atoms with van der Waals surface area (Å²) in [6.45, 7) is 8.25. The zero-order valence-electron chi connectivity index (χ0n) is 20.2. The number of nitrogens with zero attached hydrogens (tertiary/aromatic N) is 4. The van der Waals surface area contributed by atoms with Crippen LogP contribution in [0.1, 0.15) is 0 Å². The zero-order valence-corrected chi connectivity index (χ0v) is 20.2. The number of rotatable bonds is 9. The van der Waals surface area contributed by atoms with Crippen molar-refractivity contribution in [1.29, 1.82) is 0 Å². The molecule has 1 aliphatic heterocycles. The fourth-order valence-corrected chi connectivity index (χ4v) is 4.03. The van der Waals surface area contributed by atoms with Crippen LogP contribution < -0.4 is 20.3 Å². The number of aromatic nitrogens is 3. The number of piperazine rings is 1. The summed E-state index contributed by atoms with van der Waals surface area (Å²) in [6.07, 6.45) is 2.55. The largest absolute Gasteiger partial charge is 0.438 e. The second kappa shape index (κ2) is 10.5. The number of H-pyrrole nitrogens is 1. The maximum Gasteiger partial charge on any atom is 0.233 e. The molecule has 2 aromatic carbocycles. The van der Waals surface area contributed by atoms with E-state index in [1.54, 1.807) is 0 Å². The van der Waals surface area contributed by atoms with Crippen LogP contribution in [0.2, 0.25) is 0 Å². The highest BCUT2D eigenvalue weighted by Crippen LogP contribution is 2.30. The topological polar surface area (TPSA) is 98.4 Å². The average molecular weight is 484 g/mol. The summed E-state index contributed by atoms with van der Waals surface area (Å²) >= 11 is 0. The summed E-state index contributed by atoms with van der Waals surface area (Å²) in [7, 11) is 2.16. The molecule has 0 aliphatic carbocycles. The number of fused-ring (bicyclic) bond motifs is 1. The minimum Gasteiger partial charge on any atom is -0.438 e. The Kier molecular flexibility index (Phi) is 6.81. The van der Waals surface area contributed by atoms with Crippen molar-refractivity contribution in [2.24, 2.45) is 0 Å². The molecule has 0 saturated carbocycles. The minimum absolute atomic E-state index is 0.365. The number of hydrogen-bond acceptors (Lipinski definition) is 8. The fraction of sp³-hybridized carbons (Fsp3) is 0.222. The van der Waals surface area contributed by atoms with E-state index >= 15 is 0 Å². The number of likely N-dealkylation sites (N-methyl/N-ethyl adjacent to an activating group) is 1. The molecule has 5 rings (SSSR count). The molecule has 36 heavy (non-hydrogen) atoms. The van der Waals surface area contributed by atoms with E-state index in [1.165, 1.54) is 5.69 Å². The van der Waals surface area contributed by atoms with Gasteiger partial charge in [0.2, 0.25) is 11.8 Å². The zero-order chi connectivity index (χ0) is 24.9. The Morgan fingerprint density at radius 1 is 1.08 bits per heavy atom. The fourth-order valence-electron chi connectivity index (χ4n) is 4.03. The molecular weight excluding hydrogens is 454 g/mol. The Bertz CT molecular complexity index is 1360. The molecule has 0 unspecified atom stereocenters. The normalized spacial score (nSPS) is 14.0. The Hall–Kier alpha value is -4.37. The van der Waals surface area contributed by atoms with E-state index < -0.39 is 0 Å². The van der Waals surface area contributed by atoms with Crippen LogP contribution in [0.3, 0.4) is 0 Å². The maximum atomic E-state index is 10.8. The first-order valence-electron chi connectivity index (χ1n) is 11.9. The lowest BCUT2D eigenvalue weighted by molar-refractivity contribution is -0.104. The van der Waals surface area contributed by atoms with Gasteiger partial charge in [-0.1, -0.05) is 12.6 Å². The first-order valence-corrected chi connectivity index (χ1v) is 11.9. The standard InChI is InChI=1S/C27H29N7O2/c1-19(18-35)17-29-21-4-3-5-23(16-21)36-26-24-10-11-28-25(24)31-27(32-26)30-20-6-8-22(9-7-20)34-14-12-33(2)13-15-34/h3-11,16,18,29H,1,12-15,17H2,2H3,(H2,28,30,31,32). The van der Waals surface area contributed by atoms with Gasteiger partial charge in [-0.2, -0.15) is 9.97 Å². The average Bonchev–Trinajstić information content (AvgIpc) is 3.38. The van der Waals surface area contributed by atoms with Gasteiger partial charge < -0.3 is 30.2 Å². The summed E-state index contributed by atoms with van der Waals surface area (Å²) in [5, 5.41) is 7.23. The van der Waals surface area contributed by atoms with Crippen molar-refractivity contribution in [2.45, 2.75) is 0 Å². The van der Waals surface area contributed by atoms with E-state index in [0.29, 0.717) is 35.3 Å². The van der Waals surface area contributed by atoms with Gasteiger partial charge in [-0.05, 0) is 49.5 Å². The lowest BCUT2D eigenvalue weighted by atomic mass is 10.2. The predicted octanol–water partition coefficient (Wildman–Crippen LogP) is 4.41. The number of nitrogens with one attached hydrogen (secondary N) is 3. The predicted molar refractivity (Wildman–Crippen MR) is 144 cm³/mol. The second-order valence-corrected chi connectivity index (χ2v) is 8.81. The number of aldehydes is 1. The Morgan fingerprint density at radius 3 is 2.67 bits per heavy atom. The van der Waals surface area contributed by atoms with E-state index in [0.717, 1.165) is 49.2 Å². The van der Waals surface area contributed by atoms with Gasteiger partial charge in [-0.25, -0.2) is 0 Å². The van der Waals surface area contributed by atoms with E-state index in [4.69, 9.17) is 4.74 Å². The van der Waals surface area contributed by atoms with Crippen molar-refractivity contribution in [2.75, 3.05) is 55.3 Å². The minimum atomic E-state index is 0.365. The molecule has 1 aliphatic rings. The Labute approximate surface area is 209 Å². The van der Waals surface area contributed by atoms with Gasteiger partial charge in [0, 0.05) is 67.6 Å².